The lowest BCUT2D eigenvalue weighted by Gasteiger charge is -2.05. The van der Waals surface area contributed by atoms with Crippen LogP contribution in [-0.2, 0) is 16.1 Å². The first-order valence-corrected chi connectivity index (χ1v) is 4.75. The van der Waals surface area contributed by atoms with Crippen LogP contribution in [0.3, 0.4) is 0 Å². The van der Waals surface area contributed by atoms with Gasteiger partial charge in [0.2, 0.25) is 0 Å². The van der Waals surface area contributed by atoms with E-state index in [-0.39, 0.29) is 6.61 Å². The molecule has 0 aliphatic carbocycles. The van der Waals surface area contributed by atoms with Gasteiger partial charge in [0.1, 0.15) is 17.9 Å². The largest absolute Gasteiger partial charge is 0.465 e. The second kappa shape index (κ2) is 5.65. The number of halogens is 4. The van der Waals surface area contributed by atoms with Gasteiger partial charge < -0.3 is 4.74 Å². The Kier molecular flexibility index (Phi) is 4.47. The number of esters is 1. The van der Waals surface area contributed by atoms with Crippen LogP contribution in [0.25, 0.3) is 0 Å². The zero-order chi connectivity index (χ0) is 13.0. The molecule has 0 saturated heterocycles. The van der Waals surface area contributed by atoms with Gasteiger partial charge >= 0.3 is 5.97 Å². The van der Waals surface area contributed by atoms with Crippen LogP contribution in [0.2, 0.25) is 0 Å². The van der Waals surface area contributed by atoms with Gasteiger partial charge in [0.25, 0.3) is 12.9 Å². The van der Waals surface area contributed by atoms with Crippen molar-refractivity contribution in [2.24, 2.45) is 0 Å². The molecule has 4 nitrogen and oxygen atoms in total. The molecule has 0 radical (unpaired) electrons. The van der Waals surface area contributed by atoms with Crippen LogP contribution in [0, 0.1) is 0 Å². The van der Waals surface area contributed by atoms with E-state index in [1.54, 1.807) is 6.92 Å². The van der Waals surface area contributed by atoms with Gasteiger partial charge in [-0.1, -0.05) is 0 Å². The normalized spacial score (nSPS) is 11.2. The van der Waals surface area contributed by atoms with Crippen molar-refractivity contribution in [2.75, 3.05) is 6.61 Å². The van der Waals surface area contributed by atoms with Crippen molar-refractivity contribution in [3.05, 3.63) is 17.5 Å². The molecule has 0 amide bonds. The lowest BCUT2D eigenvalue weighted by atomic mass is 10.3. The highest BCUT2D eigenvalue weighted by molar-refractivity contribution is 5.69. The molecule has 96 valence electrons. The molecule has 0 aliphatic rings. The van der Waals surface area contributed by atoms with Crippen LogP contribution in [0.15, 0.2) is 6.07 Å². The molecular weight excluding hydrogens is 244 g/mol. The molecule has 1 heterocycles. The summed E-state index contributed by atoms with van der Waals surface area (Å²) in [4.78, 5) is 11.1. The van der Waals surface area contributed by atoms with Gasteiger partial charge in [-0.05, 0) is 13.0 Å². The van der Waals surface area contributed by atoms with Gasteiger partial charge in [0.05, 0.1) is 6.61 Å². The average molecular weight is 254 g/mol. The fourth-order valence-corrected chi connectivity index (χ4v) is 1.19. The van der Waals surface area contributed by atoms with Crippen LogP contribution in [0.4, 0.5) is 17.6 Å². The second-order valence-corrected chi connectivity index (χ2v) is 3.06. The summed E-state index contributed by atoms with van der Waals surface area (Å²) in [6, 6.07) is 0.578. The molecular formula is C9H10F4N2O2. The van der Waals surface area contributed by atoms with Crippen LogP contribution in [-0.4, -0.2) is 22.4 Å². The standard InChI is InChI=1S/C9H10F4N2O2/c1-2-17-7(16)4-15-6(9(12)13)3-5(14-15)8(10)11/h3,8-9H,2,4H2,1H3. The van der Waals surface area contributed by atoms with Gasteiger partial charge in [0.15, 0.2) is 0 Å². The third-order valence-electron chi connectivity index (χ3n) is 1.86. The highest BCUT2D eigenvalue weighted by atomic mass is 19.3. The molecule has 0 fully saturated rings. The zero-order valence-corrected chi connectivity index (χ0v) is 8.87. The Morgan fingerprint density at radius 3 is 2.53 bits per heavy atom. The summed E-state index contributed by atoms with van der Waals surface area (Å²) in [5.74, 6) is -0.807. The Morgan fingerprint density at radius 1 is 1.41 bits per heavy atom. The molecule has 1 aromatic heterocycles. The number of nitrogens with zero attached hydrogens (tertiary/aromatic N) is 2. The molecule has 17 heavy (non-hydrogen) atoms. The fraction of sp³-hybridized carbons (Fsp3) is 0.556. The molecule has 0 spiro atoms. The van der Waals surface area contributed by atoms with E-state index in [1.807, 2.05) is 0 Å². The molecule has 0 saturated carbocycles. The van der Waals surface area contributed by atoms with Crippen molar-refractivity contribution in [3.8, 4) is 0 Å². The van der Waals surface area contributed by atoms with Gasteiger partial charge in [-0.25, -0.2) is 17.6 Å². The second-order valence-electron chi connectivity index (χ2n) is 3.06. The first kappa shape index (κ1) is 13.5. The van der Waals surface area contributed by atoms with E-state index < -0.39 is 36.8 Å². The monoisotopic (exact) mass is 254 g/mol. The van der Waals surface area contributed by atoms with E-state index in [9.17, 15) is 22.4 Å². The number of hydrogen-bond acceptors (Lipinski definition) is 3. The Bertz CT molecular complexity index is 392. The highest BCUT2D eigenvalue weighted by Gasteiger charge is 2.22. The number of rotatable bonds is 5. The maximum absolute atomic E-state index is 12.5. The molecule has 0 bridgehead atoms. The lowest BCUT2D eigenvalue weighted by molar-refractivity contribution is -0.144. The van der Waals surface area contributed by atoms with E-state index in [4.69, 9.17) is 0 Å². The Labute approximate surface area is 94.2 Å². The van der Waals surface area contributed by atoms with E-state index in [2.05, 4.69) is 9.84 Å². The highest BCUT2D eigenvalue weighted by Crippen LogP contribution is 2.24. The molecule has 0 aliphatic heterocycles. The minimum Gasteiger partial charge on any atom is -0.465 e. The minimum absolute atomic E-state index is 0.0752. The summed E-state index contributed by atoms with van der Waals surface area (Å²) in [6.07, 6.45) is -5.94. The predicted molar refractivity (Wildman–Crippen MR) is 48.8 cm³/mol. The van der Waals surface area contributed by atoms with Gasteiger partial charge in [-0.3, -0.25) is 9.48 Å². The van der Waals surface area contributed by atoms with Crippen molar-refractivity contribution < 1.29 is 27.1 Å². The maximum atomic E-state index is 12.5. The van der Waals surface area contributed by atoms with Gasteiger partial charge in [-0.2, -0.15) is 5.10 Å². The fourth-order valence-electron chi connectivity index (χ4n) is 1.19. The first-order chi connectivity index (χ1) is 7.95. The van der Waals surface area contributed by atoms with E-state index >= 15 is 0 Å². The molecule has 0 atom stereocenters. The predicted octanol–water partition coefficient (Wildman–Crippen LogP) is 2.32. The van der Waals surface area contributed by atoms with Crippen LogP contribution in [0.1, 0.15) is 31.2 Å². The van der Waals surface area contributed by atoms with Gasteiger partial charge in [0, 0.05) is 0 Å². The summed E-state index contributed by atoms with van der Waals surface area (Å²) in [5, 5.41) is 3.24. The molecule has 0 aromatic carbocycles. The average Bonchev–Trinajstić information content (AvgIpc) is 2.62. The number of alkyl halides is 4. The van der Waals surface area contributed by atoms with Gasteiger partial charge in [-0.15, -0.1) is 0 Å². The van der Waals surface area contributed by atoms with E-state index in [0.29, 0.717) is 10.7 Å². The molecule has 1 aromatic rings. The third-order valence-corrected chi connectivity index (χ3v) is 1.86. The van der Waals surface area contributed by atoms with E-state index in [0.717, 1.165) is 0 Å². The first-order valence-electron chi connectivity index (χ1n) is 4.75. The Morgan fingerprint density at radius 2 is 2.06 bits per heavy atom. The Hall–Kier alpha value is -1.60. The minimum atomic E-state index is -2.98. The van der Waals surface area contributed by atoms with E-state index in [1.165, 1.54) is 0 Å². The van der Waals surface area contributed by atoms with Crippen molar-refractivity contribution in [3.63, 3.8) is 0 Å². The zero-order valence-electron chi connectivity index (χ0n) is 8.87. The topological polar surface area (TPSA) is 44.1 Å². The summed E-state index contributed by atoms with van der Waals surface area (Å²) < 4.78 is 54.6. The summed E-state index contributed by atoms with van der Waals surface area (Å²) >= 11 is 0. The number of carbonyl (C=O) groups is 1. The molecule has 0 N–H and O–H groups in total. The molecule has 0 unspecified atom stereocenters. The SMILES string of the molecule is CCOC(=O)Cn1nc(C(F)F)cc1C(F)F. The summed E-state index contributed by atoms with van der Waals surface area (Å²) in [5.41, 5.74) is -1.52. The van der Waals surface area contributed by atoms with Crippen molar-refractivity contribution in [2.45, 2.75) is 26.3 Å². The van der Waals surface area contributed by atoms with Crippen LogP contribution < -0.4 is 0 Å². The summed E-state index contributed by atoms with van der Waals surface area (Å²) in [6.45, 7) is 1.01. The van der Waals surface area contributed by atoms with Crippen molar-refractivity contribution >= 4 is 5.97 Å². The third kappa shape index (κ3) is 3.43. The summed E-state index contributed by atoms with van der Waals surface area (Å²) in [7, 11) is 0. The molecule has 8 heteroatoms. The maximum Gasteiger partial charge on any atom is 0.327 e. The quantitative estimate of drug-likeness (QED) is 0.598. The van der Waals surface area contributed by atoms with Crippen molar-refractivity contribution in [1.29, 1.82) is 0 Å². The lowest BCUT2D eigenvalue weighted by Crippen LogP contribution is -2.16. The van der Waals surface area contributed by atoms with Crippen molar-refractivity contribution in [1.82, 2.24) is 9.78 Å². The number of aromatic nitrogens is 2. The number of hydrogen-bond donors (Lipinski definition) is 0. The smallest absolute Gasteiger partial charge is 0.327 e. The van der Waals surface area contributed by atoms with Crippen LogP contribution >= 0.6 is 0 Å². The van der Waals surface area contributed by atoms with Crippen LogP contribution in [0.5, 0.6) is 0 Å². The number of carbonyl (C=O) groups excluding carboxylic acids is 1. The molecule has 1 rings (SSSR count). The Balaban J connectivity index is 2.92. The number of ether oxygens (including phenoxy) is 1.